The number of hydrogen-bond donors (Lipinski definition) is 0. The van der Waals surface area contributed by atoms with Gasteiger partial charge in [-0.05, 0) is 13.0 Å². The molecule has 2 aromatic rings. The van der Waals surface area contributed by atoms with Crippen LogP contribution < -0.4 is 10.2 Å². The summed E-state index contributed by atoms with van der Waals surface area (Å²) in [4.78, 5) is 30.4. The van der Waals surface area contributed by atoms with E-state index >= 15 is 0 Å². The normalized spacial score (nSPS) is 17.3. The summed E-state index contributed by atoms with van der Waals surface area (Å²) in [6.45, 7) is 2.88. The van der Waals surface area contributed by atoms with E-state index in [0.29, 0.717) is 19.0 Å². The number of carbonyl (C=O) groups excluding carboxylic acids is 1. The second-order valence-corrected chi connectivity index (χ2v) is 5.75. The summed E-state index contributed by atoms with van der Waals surface area (Å²) in [5, 5.41) is 0. The summed E-state index contributed by atoms with van der Waals surface area (Å²) in [6, 6.07) is 6.96. The minimum Gasteiger partial charge on any atom is -0.472 e. The Morgan fingerprint density at radius 3 is 2.96 bits per heavy atom. The fourth-order valence-corrected chi connectivity index (χ4v) is 2.66. The van der Waals surface area contributed by atoms with Gasteiger partial charge in [0.15, 0.2) is 5.43 Å². The molecule has 0 aromatic carbocycles. The van der Waals surface area contributed by atoms with Gasteiger partial charge in [-0.1, -0.05) is 6.07 Å². The highest BCUT2D eigenvalue weighted by molar-refractivity contribution is 5.94. The minimum atomic E-state index is -0.238. The highest BCUT2D eigenvalue weighted by Crippen LogP contribution is 2.17. The van der Waals surface area contributed by atoms with Gasteiger partial charge < -0.3 is 14.2 Å². The van der Waals surface area contributed by atoms with Gasteiger partial charge in [-0.25, -0.2) is 4.98 Å². The van der Waals surface area contributed by atoms with E-state index in [1.165, 1.54) is 6.07 Å². The van der Waals surface area contributed by atoms with E-state index in [4.69, 9.17) is 4.74 Å². The fraction of sp³-hybridized carbons (Fsp3) is 0.353. The second kappa shape index (κ2) is 6.24. The van der Waals surface area contributed by atoms with Crippen LogP contribution in [0.1, 0.15) is 22.5 Å². The molecule has 3 rings (SSSR count). The third-order valence-corrected chi connectivity index (χ3v) is 4.07. The van der Waals surface area contributed by atoms with Gasteiger partial charge in [0.05, 0.1) is 6.54 Å². The van der Waals surface area contributed by atoms with Crippen LogP contribution in [0.2, 0.25) is 0 Å². The number of pyridine rings is 2. The van der Waals surface area contributed by atoms with Gasteiger partial charge in [0.1, 0.15) is 11.7 Å². The summed E-state index contributed by atoms with van der Waals surface area (Å²) < 4.78 is 7.56. The first-order valence-corrected chi connectivity index (χ1v) is 7.59. The number of likely N-dealkylation sites (tertiary alicyclic amines) is 1. The number of nitrogens with zero attached hydrogens (tertiary/aromatic N) is 3. The number of aromatic nitrogens is 2. The van der Waals surface area contributed by atoms with E-state index in [2.05, 4.69) is 4.98 Å². The van der Waals surface area contributed by atoms with Crippen LogP contribution >= 0.6 is 0 Å². The zero-order chi connectivity index (χ0) is 16.4. The van der Waals surface area contributed by atoms with Crippen LogP contribution in [0.25, 0.3) is 0 Å². The summed E-state index contributed by atoms with van der Waals surface area (Å²) in [5.41, 5.74) is 0.792. The van der Waals surface area contributed by atoms with Crippen molar-refractivity contribution >= 4 is 5.91 Å². The first-order valence-electron chi connectivity index (χ1n) is 7.59. The van der Waals surface area contributed by atoms with E-state index in [-0.39, 0.29) is 23.0 Å². The Kier molecular flexibility index (Phi) is 4.14. The van der Waals surface area contributed by atoms with Crippen molar-refractivity contribution in [1.29, 1.82) is 0 Å². The molecule has 1 aliphatic heterocycles. The lowest BCUT2D eigenvalue weighted by atomic mass is 10.2. The molecule has 1 atom stereocenters. The Labute approximate surface area is 134 Å². The predicted octanol–water partition coefficient (Wildman–Crippen LogP) is 1.38. The number of ether oxygens (including phenoxy) is 1. The molecule has 0 spiro atoms. The van der Waals surface area contributed by atoms with E-state index in [1.807, 2.05) is 26.1 Å². The van der Waals surface area contributed by atoms with E-state index in [1.54, 1.807) is 27.9 Å². The van der Waals surface area contributed by atoms with Crippen molar-refractivity contribution in [3.63, 3.8) is 0 Å². The van der Waals surface area contributed by atoms with Gasteiger partial charge in [0.25, 0.3) is 5.91 Å². The fourth-order valence-electron chi connectivity index (χ4n) is 2.66. The molecular weight excluding hydrogens is 294 g/mol. The number of aryl methyl sites for hydroxylation is 2. The molecule has 0 bridgehead atoms. The summed E-state index contributed by atoms with van der Waals surface area (Å²) >= 11 is 0. The third-order valence-electron chi connectivity index (χ3n) is 4.07. The smallest absolute Gasteiger partial charge is 0.259 e. The number of hydrogen-bond acceptors (Lipinski definition) is 4. The number of amides is 1. The molecule has 1 fully saturated rings. The molecule has 0 saturated carbocycles. The highest BCUT2D eigenvalue weighted by Gasteiger charge is 2.29. The van der Waals surface area contributed by atoms with Crippen molar-refractivity contribution in [2.24, 2.45) is 7.05 Å². The topological polar surface area (TPSA) is 64.4 Å². The molecule has 1 unspecified atom stereocenters. The summed E-state index contributed by atoms with van der Waals surface area (Å²) in [6.07, 6.45) is 3.91. The molecule has 120 valence electrons. The van der Waals surface area contributed by atoms with Crippen molar-refractivity contribution in [3.8, 4) is 5.88 Å². The standard InChI is InChI=1S/C17H19N3O3/c1-12-9-15(21)14(11-19(12)2)17(22)20-8-6-13(10-20)23-16-5-3-4-7-18-16/h3-5,7,9,11,13H,6,8,10H2,1-2H3. The SMILES string of the molecule is Cc1cc(=O)c(C(=O)N2CCC(Oc3ccccn3)C2)cn1C. The quantitative estimate of drug-likeness (QED) is 0.859. The van der Waals surface area contributed by atoms with Gasteiger partial charge in [-0.3, -0.25) is 9.59 Å². The van der Waals surface area contributed by atoms with Crippen molar-refractivity contribution in [2.45, 2.75) is 19.4 Å². The Hall–Kier alpha value is -2.63. The minimum absolute atomic E-state index is 0.0943. The molecule has 1 amide bonds. The van der Waals surface area contributed by atoms with Crippen LogP contribution in [0, 0.1) is 6.92 Å². The molecule has 0 aliphatic carbocycles. The van der Waals surface area contributed by atoms with Crippen LogP contribution in [0.4, 0.5) is 0 Å². The molecule has 6 heteroatoms. The van der Waals surface area contributed by atoms with Gasteiger partial charge in [-0.15, -0.1) is 0 Å². The Balaban J connectivity index is 1.70. The molecule has 6 nitrogen and oxygen atoms in total. The first kappa shape index (κ1) is 15.3. The van der Waals surface area contributed by atoms with Crippen LogP contribution in [0.3, 0.4) is 0 Å². The maximum atomic E-state index is 12.6. The van der Waals surface area contributed by atoms with Crippen molar-refractivity contribution < 1.29 is 9.53 Å². The predicted molar refractivity (Wildman–Crippen MR) is 85.6 cm³/mol. The highest BCUT2D eigenvalue weighted by atomic mass is 16.5. The van der Waals surface area contributed by atoms with Gasteiger partial charge in [0.2, 0.25) is 5.88 Å². The largest absolute Gasteiger partial charge is 0.472 e. The van der Waals surface area contributed by atoms with Gasteiger partial charge in [-0.2, -0.15) is 0 Å². The van der Waals surface area contributed by atoms with Crippen molar-refractivity contribution in [3.05, 3.63) is 58.1 Å². The summed E-state index contributed by atoms with van der Waals surface area (Å²) in [7, 11) is 1.82. The Morgan fingerprint density at radius 2 is 2.22 bits per heavy atom. The van der Waals surface area contributed by atoms with Gasteiger partial charge >= 0.3 is 0 Å². The molecule has 3 heterocycles. The van der Waals surface area contributed by atoms with E-state index in [0.717, 1.165) is 12.1 Å². The molecule has 1 saturated heterocycles. The van der Waals surface area contributed by atoms with Crippen molar-refractivity contribution in [2.75, 3.05) is 13.1 Å². The lowest BCUT2D eigenvalue weighted by Gasteiger charge is -2.17. The maximum Gasteiger partial charge on any atom is 0.259 e. The van der Waals surface area contributed by atoms with Crippen LogP contribution in [0.5, 0.6) is 5.88 Å². The Morgan fingerprint density at radius 1 is 1.39 bits per heavy atom. The second-order valence-electron chi connectivity index (χ2n) is 5.75. The van der Waals surface area contributed by atoms with Crippen molar-refractivity contribution in [1.82, 2.24) is 14.5 Å². The number of carbonyl (C=O) groups is 1. The Bertz CT molecular complexity index is 770. The zero-order valence-corrected chi connectivity index (χ0v) is 13.2. The van der Waals surface area contributed by atoms with E-state index in [9.17, 15) is 9.59 Å². The molecular formula is C17H19N3O3. The maximum absolute atomic E-state index is 12.6. The molecule has 0 N–H and O–H groups in total. The zero-order valence-electron chi connectivity index (χ0n) is 13.2. The van der Waals surface area contributed by atoms with Crippen LogP contribution in [-0.2, 0) is 7.05 Å². The monoisotopic (exact) mass is 313 g/mol. The van der Waals surface area contributed by atoms with Crippen LogP contribution in [-0.4, -0.2) is 39.6 Å². The summed E-state index contributed by atoms with van der Waals surface area (Å²) in [5.74, 6) is 0.316. The lowest BCUT2D eigenvalue weighted by Crippen LogP contribution is -2.34. The lowest BCUT2D eigenvalue weighted by molar-refractivity contribution is 0.0769. The van der Waals surface area contributed by atoms with E-state index < -0.39 is 0 Å². The average Bonchev–Trinajstić information content (AvgIpc) is 3.00. The molecule has 23 heavy (non-hydrogen) atoms. The number of rotatable bonds is 3. The molecule has 2 aromatic heterocycles. The third kappa shape index (κ3) is 3.26. The van der Waals surface area contributed by atoms with Gasteiger partial charge in [0, 0.05) is 50.2 Å². The first-order chi connectivity index (χ1) is 11.0. The molecule has 1 aliphatic rings. The average molecular weight is 313 g/mol. The molecule has 0 radical (unpaired) electrons. The van der Waals surface area contributed by atoms with Crippen LogP contribution in [0.15, 0.2) is 41.5 Å².